The number of hydrogen-bond acceptors (Lipinski definition) is 3. The van der Waals surface area contributed by atoms with Crippen LogP contribution in [0.5, 0.6) is 0 Å². The Morgan fingerprint density at radius 3 is 3.00 bits per heavy atom. The maximum atomic E-state index is 6.03. The van der Waals surface area contributed by atoms with E-state index in [2.05, 4.69) is 28.2 Å². The Labute approximate surface area is 88.1 Å². The van der Waals surface area contributed by atoms with Crippen molar-refractivity contribution < 1.29 is 0 Å². The number of aromatic nitrogens is 2. The zero-order valence-electron chi connectivity index (χ0n) is 8.70. The van der Waals surface area contributed by atoms with Crippen LogP contribution >= 0.6 is 0 Å². The normalized spacial score (nSPS) is 15.8. The Bertz CT molecular complexity index is 498. The molecule has 1 fully saturated rings. The summed E-state index contributed by atoms with van der Waals surface area (Å²) in [4.78, 5) is 2.26. The predicted octanol–water partition coefficient (Wildman–Crippen LogP) is 1.74. The number of H-pyrrole nitrogens is 1. The molecule has 15 heavy (non-hydrogen) atoms. The van der Waals surface area contributed by atoms with Crippen LogP contribution in [-0.2, 0) is 0 Å². The summed E-state index contributed by atoms with van der Waals surface area (Å²) in [6, 6.07) is 4.73. The molecule has 3 rings (SSSR count). The summed E-state index contributed by atoms with van der Waals surface area (Å²) in [7, 11) is 2.10. The number of nitrogens with zero attached hydrogens (tertiary/aromatic N) is 2. The van der Waals surface area contributed by atoms with Gasteiger partial charge in [0.15, 0.2) is 0 Å². The van der Waals surface area contributed by atoms with Gasteiger partial charge in [0.2, 0.25) is 0 Å². The number of nitrogens with two attached hydrogens (primary N) is 1. The van der Waals surface area contributed by atoms with Gasteiger partial charge >= 0.3 is 0 Å². The molecule has 3 N–H and O–H groups in total. The van der Waals surface area contributed by atoms with Gasteiger partial charge in [-0.05, 0) is 25.0 Å². The number of benzene rings is 1. The Morgan fingerprint density at radius 2 is 2.27 bits per heavy atom. The molecule has 0 bridgehead atoms. The first-order chi connectivity index (χ1) is 7.25. The van der Waals surface area contributed by atoms with Crippen LogP contribution in [0.3, 0.4) is 0 Å². The Balaban J connectivity index is 2.11. The number of fused-ring (bicyclic) bond motifs is 1. The molecule has 0 atom stereocenters. The third kappa shape index (κ3) is 1.33. The van der Waals surface area contributed by atoms with Gasteiger partial charge in [-0.2, -0.15) is 5.10 Å². The maximum Gasteiger partial charge on any atom is 0.0672 e. The molecule has 1 heterocycles. The molecule has 1 saturated carbocycles. The molecular formula is C11H14N4. The SMILES string of the molecule is CN(c1cc2[nH]ncc2cc1N)C1CC1. The van der Waals surface area contributed by atoms with Crippen LogP contribution in [0.15, 0.2) is 18.3 Å². The Hall–Kier alpha value is -1.71. The van der Waals surface area contributed by atoms with Gasteiger partial charge in [0, 0.05) is 18.5 Å². The average molecular weight is 202 g/mol. The molecule has 1 aliphatic rings. The lowest BCUT2D eigenvalue weighted by molar-refractivity contribution is 0.919. The summed E-state index contributed by atoms with van der Waals surface area (Å²) in [6.07, 6.45) is 4.35. The van der Waals surface area contributed by atoms with E-state index < -0.39 is 0 Å². The number of anilines is 2. The molecule has 1 aromatic heterocycles. The fourth-order valence-corrected chi connectivity index (χ4v) is 1.96. The van der Waals surface area contributed by atoms with E-state index in [0.29, 0.717) is 6.04 Å². The average Bonchev–Trinajstić information content (AvgIpc) is 2.97. The second kappa shape index (κ2) is 2.89. The molecule has 78 valence electrons. The molecule has 4 nitrogen and oxygen atoms in total. The quantitative estimate of drug-likeness (QED) is 0.729. The van der Waals surface area contributed by atoms with Gasteiger partial charge in [0.1, 0.15) is 0 Å². The highest BCUT2D eigenvalue weighted by Crippen LogP contribution is 2.35. The lowest BCUT2D eigenvalue weighted by Crippen LogP contribution is -2.20. The standard InChI is InChI=1S/C11H14N4/c1-15(8-2-3-8)11-5-10-7(4-9(11)12)6-13-14-10/h4-6,8H,2-3,12H2,1H3,(H,13,14). The van der Waals surface area contributed by atoms with Crippen LogP contribution in [0, 0.1) is 0 Å². The molecule has 2 aromatic rings. The lowest BCUT2D eigenvalue weighted by atomic mass is 10.2. The Morgan fingerprint density at radius 1 is 1.47 bits per heavy atom. The summed E-state index contributed by atoms with van der Waals surface area (Å²) in [5, 5.41) is 8.04. The first-order valence-corrected chi connectivity index (χ1v) is 5.21. The summed E-state index contributed by atoms with van der Waals surface area (Å²) in [5.74, 6) is 0. The zero-order valence-corrected chi connectivity index (χ0v) is 8.70. The van der Waals surface area contributed by atoms with E-state index in [-0.39, 0.29) is 0 Å². The molecule has 0 amide bonds. The third-order valence-corrected chi connectivity index (χ3v) is 3.06. The Kier molecular flexibility index (Phi) is 1.65. The first kappa shape index (κ1) is 8.59. The van der Waals surface area contributed by atoms with Crippen LogP contribution < -0.4 is 10.6 Å². The molecule has 0 unspecified atom stereocenters. The molecule has 4 heteroatoms. The minimum Gasteiger partial charge on any atom is -0.397 e. The summed E-state index contributed by atoms with van der Waals surface area (Å²) in [6.45, 7) is 0. The van der Waals surface area contributed by atoms with E-state index in [4.69, 9.17) is 5.73 Å². The molecule has 0 spiro atoms. The van der Waals surface area contributed by atoms with Gasteiger partial charge in [-0.3, -0.25) is 5.10 Å². The van der Waals surface area contributed by atoms with Crippen LogP contribution in [0.25, 0.3) is 10.9 Å². The van der Waals surface area contributed by atoms with Gasteiger partial charge in [0.25, 0.3) is 0 Å². The fourth-order valence-electron chi connectivity index (χ4n) is 1.96. The van der Waals surface area contributed by atoms with Gasteiger partial charge in [0.05, 0.1) is 23.1 Å². The molecule has 0 radical (unpaired) electrons. The molecule has 1 aliphatic carbocycles. The van der Waals surface area contributed by atoms with Crippen molar-refractivity contribution in [3.8, 4) is 0 Å². The van der Waals surface area contributed by atoms with E-state index in [9.17, 15) is 0 Å². The van der Waals surface area contributed by atoms with Crippen molar-refractivity contribution in [3.63, 3.8) is 0 Å². The second-order valence-electron chi connectivity index (χ2n) is 4.21. The van der Waals surface area contributed by atoms with Gasteiger partial charge in [-0.25, -0.2) is 0 Å². The molecule has 0 aliphatic heterocycles. The van der Waals surface area contributed by atoms with Crippen molar-refractivity contribution in [1.82, 2.24) is 10.2 Å². The first-order valence-electron chi connectivity index (χ1n) is 5.21. The third-order valence-electron chi connectivity index (χ3n) is 3.06. The minimum atomic E-state index is 0.674. The van der Waals surface area contributed by atoms with Gasteiger partial charge in [-0.15, -0.1) is 0 Å². The number of nitrogen functional groups attached to an aromatic ring is 1. The highest BCUT2D eigenvalue weighted by Gasteiger charge is 2.27. The van der Waals surface area contributed by atoms with Crippen molar-refractivity contribution in [3.05, 3.63) is 18.3 Å². The second-order valence-corrected chi connectivity index (χ2v) is 4.21. The zero-order chi connectivity index (χ0) is 10.4. The largest absolute Gasteiger partial charge is 0.397 e. The smallest absolute Gasteiger partial charge is 0.0672 e. The lowest BCUT2D eigenvalue weighted by Gasteiger charge is -2.20. The minimum absolute atomic E-state index is 0.674. The number of nitrogens with one attached hydrogen (secondary N) is 1. The van der Waals surface area contributed by atoms with Crippen LogP contribution in [0.1, 0.15) is 12.8 Å². The monoisotopic (exact) mass is 202 g/mol. The molecule has 0 saturated heterocycles. The van der Waals surface area contributed by atoms with Crippen LogP contribution in [0.2, 0.25) is 0 Å². The summed E-state index contributed by atoms with van der Waals surface area (Å²) < 4.78 is 0. The number of rotatable bonds is 2. The highest BCUT2D eigenvalue weighted by atomic mass is 15.2. The summed E-state index contributed by atoms with van der Waals surface area (Å²) >= 11 is 0. The molecule has 1 aromatic carbocycles. The van der Waals surface area contributed by atoms with Crippen molar-refractivity contribution in [2.45, 2.75) is 18.9 Å². The van der Waals surface area contributed by atoms with E-state index in [0.717, 1.165) is 22.3 Å². The van der Waals surface area contributed by atoms with Gasteiger partial charge < -0.3 is 10.6 Å². The number of aromatic amines is 1. The van der Waals surface area contributed by atoms with Crippen LogP contribution in [-0.4, -0.2) is 23.3 Å². The van der Waals surface area contributed by atoms with Crippen molar-refractivity contribution in [1.29, 1.82) is 0 Å². The van der Waals surface area contributed by atoms with Crippen molar-refractivity contribution >= 4 is 22.3 Å². The van der Waals surface area contributed by atoms with Crippen LogP contribution in [0.4, 0.5) is 11.4 Å². The fraction of sp³-hybridized carbons (Fsp3) is 0.364. The molecular weight excluding hydrogens is 188 g/mol. The highest BCUT2D eigenvalue weighted by molar-refractivity contribution is 5.89. The maximum absolute atomic E-state index is 6.03. The topological polar surface area (TPSA) is 57.9 Å². The van der Waals surface area contributed by atoms with Gasteiger partial charge in [-0.1, -0.05) is 0 Å². The predicted molar refractivity (Wildman–Crippen MR) is 61.9 cm³/mol. The van der Waals surface area contributed by atoms with E-state index in [1.807, 2.05) is 6.07 Å². The van der Waals surface area contributed by atoms with E-state index in [1.54, 1.807) is 6.20 Å². The number of hydrogen-bond donors (Lipinski definition) is 2. The van der Waals surface area contributed by atoms with Crippen molar-refractivity contribution in [2.75, 3.05) is 17.7 Å². The van der Waals surface area contributed by atoms with Crippen molar-refractivity contribution in [2.24, 2.45) is 0 Å². The van der Waals surface area contributed by atoms with E-state index >= 15 is 0 Å². The summed E-state index contributed by atoms with van der Waals surface area (Å²) in [5.41, 5.74) is 9.01. The van der Waals surface area contributed by atoms with E-state index in [1.165, 1.54) is 12.8 Å².